The first-order valence-corrected chi connectivity index (χ1v) is 9.73. The highest BCUT2D eigenvalue weighted by molar-refractivity contribution is 14.0. The van der Waals surface area contributed by atoms with Crippen molar-refractivity contribution in [1.29, 1.82) is 0 Å². The molecule has 1 fully saturated rings. The van der Waals surface area contributed by atoms with Crippen LogP contribution in [0, 0.1) is 0 Å². The summed E-state index contributed by atoms with van der Waals surface area (Å²) < 4.78 is 0. The Labute approximate surface area is 171 Å². The minimum Gasteiger partial charge on any atom is -0.357 e. The molecule has 0 radical (unpaired) electrons. The first-order chi connectivity index (χ1) is 11.7. The first kappa shape index (κ1) is 24.4. The predicted molar refractivity (Wildman–Crippen MR) is 117 cm³/mol. The number of hydrogen-bond donors (Lipinski definition) is 2. The number of rotatable bonds is 11. The molecule has 0 aromatic heterocycles. The molecule has 0 unspecified atom stereocenters. The summed E-state index contributed by atoms with van der Waals surface area (Å²) in [4.78, 5) is 20.9. The van der Waals surface area contributed by atoms with E-state index in [1.165, 1.54) is 25.9 Å². The molecule has 0 bridgehead atoms. The van der Waals surface area contributed by atoms with Crippen molar-refractivity contribution < 1.29 is 4.79 Å². The van der Waals surface area contributed by atoms with Crippen LogP contribution in [0.1, 0.15) is 52.9 Å². The molecular weight excluding hydrogens is 429 g/mol. The van der Waals surface area contributed by atoms with Crippen molar-refractivity contribution >= 4 is 35.8 Å². The van der Waals surface area contributed by atoms with Crippen LogP contribution in [-0.4, -0.2) is 74.0 Å². The third kappa shape index (κ3) is 10.9. The topological polar surface area (TPSA) is 60.0 Å². The zero-order valence-electron chi connectivity index (χ0n) is 16.4. The Morgan fingerprint density at radius 2 is 1.68 bits per heavy atom. The molecule has 0 atom stereocenters. The van der Waals surface area contributed by atoms with Gasteiger partial charge in [-0.3, -0.25) is 4.79 Å². The van der Waals surface area contributed by atoms with Gasteiger partial charge in [0.15, 0.2) is 5.96 Å². The largest absolute Gasteiger partial charge is 0.357 e. The number of carbonyl (C=O) groups excluding carboxylic acids is 1. The molecular formula is C18H38IN5O. The second kappa shape index (κ2) is 15.7. The fourth-order valence-corrected chi connectivity index (χ4v) is 3.03. The average molecular weight is 467 g/mol. The number of halogens is 1. The summed E-state index contributed by atoms with van der Waals surface area (Å²) in [6.07, 6.45) is 5.75. The molecule has 1 aliphatic heterocycles. The van der Waals surface area contributed by atoms with Gasteiger partial charge < -0.3 is 20.4 Å². The van der Waals surface area contributed by atoms with Crippen molar-refractivity contribution in [3.8, 4) is 0 Å². The van der Waals surface area contributed by atoms with Crippen LogP contribution in [0.3, 0.4) is 0 Å². The van der Waals surface area contributed by atoms with E-state index in [0.717, 1.165) is 57.9 Å². The Morgan fingerprint density at radius 1 is 1.04 bits per heavy atom. The van der Waals surface area contributed by atoms with Gasteiger partial charge in [-0.2, -0.15) is 0 Å². The Hall–Kier alpha value is -0.570. The van der Waals surface area contributed by atoms with Crippen LogP contribution in [0.25, 0.3) is 0 Å². The molecule has 25 heavy (non-hydrogen) atoms. The molecule has 1 rings (SSSR count). The van der Waals surface area contributed by atoms with Crippen molar-refractivity contribution in [3.05, 3.63) is 0 Å². The zero-order chi connectivity index (χ0) is 17.6. The van der Waals surface area contributed by atoms with Crippen molar-refractivity contribution in [2.75, 3.05) is 52.4 Å². The monoisotopic (exact) mass is 467 g/mol. The second-order valence-electron chi connectivity index (χ2n) is 6.41. The lowest BCUT2D eigenvalue weighted by Crippen LogP contribution is -2.40. The molecule has 2 N–H and O–H groups in total. The van der Waals surface area contributed by atoms with Crippen LogP contribution in [0.4, 0.5) is 0 Å². The van der Waals surface area contributed by atoms with E-state index >= 15 is 0 Å². The second-order valence-corrected chi connectivity index (χ2v) is 6.41. The van der Waals surface area contributed by atoms with Crippen LogP contribution >= 0.6 is 24.0 Å². The van der Waals surface area contributed by atoms with Gasteiger partial charge in [0.25, 0.3) is 0 Å². The molecule has 0 aliphatic carbocycles. The predicted octanol–water partition coefficient (Wildman–Crippen LogP) is 2.29. The third-order valence-corrected chi connectivity index (χ3v) is 4.20. The van der Waals surface area contributed by atoms with Crippen LogP contribution < -0.4 is 10.6 Å². The standard InChI is InChI=1S/C18H37N5O.HI/c1-4-11-22(12-5-2)13-9-10-20-18(19-6-3)21-16-17(24)23-14-7-8-15-23;/h4-16H2,1-3H3,(H2,19,20,21);1H. The minimum absolute atomic E-state index is 0. The van der Waals surface area contributed by atoms with E-state index in [9.17, 15) is 4.79 Å². The fraction of sp³-hybridized carbons (Fsp3) is 0.889. The molecule has 148 valence electrons. The van der Waals surface area contributed by atoms with E-state index in [2.05, 4.69) is 34.4 Å². The van der Waals surface area contributed by atoms with Crippen molar-refractivity contribution in [1.82, 2.24) is 20.4 Å². The van der Waals surface area contributed by atoms with Crippen LogP contribution in [0.2, 0.25) is 0 Å². The van der Waals surface area contributed by atoms with E-state index in [0.29, 0.717) is 0 Å². The Morgan fingerprint density at radius 3 is 2.24 bits per heavy atom. The van der Waals surface area contributed by atoms with Gasteiger partial charge in [0.05, 0.1) is 0 Å². The first-order valence-electron chi connectivity index (χ1n) is 9.73. The number of guanidine groups is 1. The number of hydrogen-bond acceptors (Lipinski definition) is 3. The maximum absolute atomic E-state index is 12.1. The molecule has 7 heteroatoms. The minimum atomic E-state index is 0. The summed E-state index contributed by atoms with van der Waals surface area (Å²) in [7, 11) is 0. The van der Waals surface area contributed by atoms with Gasteiger partial charge in [0.2, 0.25) is 5.91 Å². The van der Waals surface area contributed by atoms with Gasteiger partial charge in [0, 0.05) is 26.2 Å². The quantitative estimate of drug-likeness (QED) is 0.212. The lowest BCUT2D eigenvalue weighted by molar-refractivity contribution is -0.128. The number of nitrogens with one attached hydrogen (secondary N) is 2. The number of nitrogens with zero attached hydrogens (tertiary/aromatic N) is 3. The molecule has 0 aromatic rings. The van der Waals surface area contributed by atoms with Crippen LogP contribution in [-0.2, 0) is 4.79 Å². The maximum Gasteiger partial charge on any atom is 0.244 e. The zero-order valence-corrected chi connectivity index (χ0v) is 18.7. The van der Waals surface area contributed by atoms with Crippen LogP contribution in [0.5, 0.6) is 0 Å². The van der Waals surface area contributed by atoms with Gasteiger partial charge in [0.1, 0.15) is 6.54 Å². The Bertz CT molecular complexity index is 366. The molecule has 1 aliphatic rings. The van der Waals surface area contributed by atoms with Crippen molar-refractivity contribution in [2.24, 2.45) is 4.99 Å². The van der Waals surface area contributed by atoms with Crippen LogP contribution in [0.15, 0.2) is 4.99 Å². The van der Waals surface area contributed by atoms with E-state index in [-0.39, 0.29) is 36.4 Å². The Kier molecular flexibility index (Phi) is 15.3. The summed E-state index contributed by atoms with van der Waals surface area (Å²) in [6, 6.07) is 0. The van der Waals surface area contributed by atoms with E-state index < -0.39 is 0 Å². The number of amides is 1. The van der Waals surface area contributed by atoms with E-state index in [1.54, 1.807) is 0 Å². The molecule has 1 amide bonds. The summed E-state index contributed by atoms with van der Waals surface area (Å²) in [5, 5.41) is 6.57. The lowest BCUT2D eigenvalue weighted by atomic mass is 10.3. The smallest absolute Gasteiger partial charge is 0.244 e. The third-order valence-electron chi connectivity index (χ3n) is 4.20. The molecule has 0 saturated carbocycles. The van der Waals surface area contributed by atoms with Gasteiger partial charge in [-0.05, 0) is 58.7 Å². The van der Waals surface area contributed by atoms with Gasteiger partial charge in [-0.25, -0.2) is 4.99 Å². The fourth-order valence-electron chi connectivity index (χ4n) is 3.03. The number of carbonyl (C=O) groups is 1. The number of likely N-dealkylation sites (tertiary alicyclic amines) is 1. The van der Waals surface area contributed by atoms with Crippen molar-refractivity contribution in [2.45, 2.75) is 52.9 Å². The highest BCUT2D eigenvalue weighted by atomic mass is 127. The highest BCUT2D eigenvalue weighted by Crippen LogP contribution is 2.07. The van der Waals surface area contributed by atoms with Crippen molar-refractivity contribution in [3.63, 3.8) is 0 Å². The van der Waals surface area contributed by atoms with Gasteiger partial charge >= 0.3 is 0 Å². The summed E-state index contributed by atoms with van der Waals surface area (Å²) >= 11 is 0. The summed E-state index contributed by atoms with van der Waals surface area (Å²) in [5.74, 6) is 0.893. The van der Waals surface area contributed by atoms with Gasteiger partial charge in [-0.15, -0.1) is 24.0 Å². The summed E-state index contributed by atoms with van der Waals surface area (Å²) in [6.45, 7) is 13.7. The Balaban J connectivity index is 0.00000576. The molecule has 6 nitrogen and oxygen atoms in total. The summed E-state index contributed by atoms with van der Waals surface area (Å²) in [5.41, 5.74) is 0. The van der Waals surface area contributed by atoms with E-state index in [4.69, 9.17) is 0 Å². The normalized spacial score (nSPS) is 14.6. The van der Waals surface area contributed by atoms with E-state index in [1.807, 2.05) is 11.8 Å². The highest BCUT2D eigenvalue weighted by Gasteiger charge is 2.17. The molecule has 1 saturated heterocycles. The molecule has 0 spiro atoms. The lowest BCUT2D eigenvalue weighted by Gasteiger charge is -2.21. The number of aliphatic imine (C=N–C) groups is 1. The maximum atomic E-state index is 12.1. The molecule has 1 heterocycles. The molecule has 0 aromatic carbocycles. The SMILES string of the molecule is CCCN(CCC)CCCNC(=NCC(=O)N1CCCC1)NCC.I. The van der Waals surface area contributed by atoms with Gasteiger partial charge in [-0.1, -0.05) is 13.8 Å². The average Bonchev–Trinajstić information content (AvgIpc) is 3.11.